The summed E-state index contributed by atoms with van der Waals surface area (Å²) in [6, 6.07) is 18.1. The van der Waals surface area contributed by atoms with Crippen LogP contribution < -0.4 is 9.62 Å². The van der Waals surface area contributed by atoms with Crippen LogP contribution in [0.1, 0.15) is 43.0 Å². The second-order valence-electron chi connectivity index (χ2n) is 10.6. The quantitative estimate of drug-likeness (QED) is 0.316. The van der Waals surface area contributed by atoms with Gasteiger partial charge in [0.25, 0.3) is 10.0 Å². The van der Waals surface area contributed by atoms with Gasteiger partial charge in [-0.3, -0.25) is 13.9 Å². The molecule has 0 aliphatic rings. The number of rotatable bonds is 11. The molecule has 2 amide bonds. The molecular formula is C31H38ClN3O4S. The second-order valence-corrected chi connectivity index (χ2v) is 12.9. The zero-order chi connectivity index (χ0) is 29.6. The van der Waals surface area contributed by atoms with Gasteiger partial charge in [0.15, 0.2) is 0 Å². The van der Waals surface area contributed by atoms with Crippen molar-refractivity contribution in [3.8, 4) is 0 Å². The van der Waals surface area contributed by atoms with Crippen LogP contribution >= 0.6 is 11.6 Å². The van der Waals surface area contributed by atoms with Crippen molar-refractivity contribution in [2.45, 2.75) is 59.0 Å². The lowest BCUT2D eigenvalue weighted by Gasteiger charge is -2.32. The van der Waals surface area contributed by atoms with Crippen LogP contribution in [0, 0.1) is 26.7 Å². The third-order valence-corrected chi connectivity index (χ3v) is 8.69. The fourth-order valence-corrected chi connectivity index (χ4v) is 5.90. The van der Waals surface area contributed by atoms with Crippen molar-refractivity contribution < 1.29 is 18.0 Å². The van der Waals surface area contributed by atoms with Gasteiger partial charge in [-0.25, -0.2) is 8.42 Å². The molecule has 7 nitrogen and oxygen atoms in total. The molecule has 0 aliphatic heterocycles. The van der Waals surface area contributed by atoms with Crippen molar-refractivity contribution in [1.29, 1.82) is 0 Å². The number of hydrogen-bond donors (Lipinski definition) is 1. The zero-order valence-corrected chi connectivity index (χ0v) is 25.5. The molecule has 1 atom stereocenters. The van der Waals surface area contributed by atoms with E-state index in [4.69, 9.17) is 11.6 Å². The summed E-state index contributed by atoms with van der Waals surface area (Å²) in [5.41, 5.74) is 3.67. The smallest absolute Gasteiger partial charge is 0.264 e. The molecule has 0 spiro atoms. The number of halogens is 1. The summed E-state index contributed by atoms with van der Waals surface area (Å²) in [5.74, 6) is -0.626. The third kappa shape index (κ3) is 7.86. The lowest BCUT2D eigenvalue weighted by Crippen LogP contribution is -2.51. The van der Waals surface area contributed by atoms with Crippen LogP contribution in [0.25, 0.3) is 0 Å². The fourth-order valence-electron chi connectivity index (χ4n) is 4.31. The fraction of sp³-hybridized carbons (Fsp3) is 0.355. The molecule has 0 fully saturated rings. The summed E-state index contributed by atoms with van der Waals surface area (Å²) in [6.45, 7) is 11.2. The van der Waals surface area contributed by atoms with Gasteiger partial charge in [-0.15, -0.1) is 0 Å². The minimum Gasteiger partial charge on any atom is -0.354 e. The molecule has 214 valence electrons. The number of nitrogens with one attached hydrogen (secondary N) is 1. The van der Waals surface area contributed by atoms with E-state index in [9.17, 15) is 18.0 Å². The lowest BCUT2D eigenvalue weighted by atomic mass is 10.1. The summed E-state index contributed by atoms with van der Waals surface area (Å²) >= 11 is 6.42. The van der Waals surface area contributed by atoms with E-state index in [1.807, 2.05) is 40.7 Å². The Balaban J connectivity index is 2.06. The maximum Gasteiger partial charge on any atom is 0.264 e. The molecule has 0 saturated heterocycles. The van der Waals surface area contributed by atoms with Gasteiger partial charge < -0.3 is 10.2 Å². The van der Waals surface area contributed by atoms with Crippen LogP contribution in [0.15, 0.2) is 71.6 Å². The normalized spacial score (nSPS) is 12.2. The van der Waals surface area contributed by atoms with Gasteiger partial charge in [-0.1, -0.05) is 67.4 Å². The number of benzene rings is 3. The topological polar surface area (TPSA) is 86.8 Å². The van der Waals surface area contributed by atoms with E-state index >= 15 is 0 Å². The number of carbonyl (C=O) groups is 2. The number of nitrogens with zero attached hydrogens (tertiary/aromatic N) is 2. The lowest BCUT2D eigenvalue weighted by molar-refractivity contribution is -0.139. The highest BCUT2D eigenvalue weighted by atomic mass is 35.5. The third-order valence-electron chi connectivity index (χ3n) is 6.53. The average Bonchev–Trinajstić information content (AvgIpc) is 2.88. The number of sulfonamides is 1. The predicted molar refractivity (Wildman–Crippen MR) is 161 cm³/mol. The molecule has 0 bridgehead atoms. The monoisotopic (exact) mass is 583 g/mol. The van der Waals surface area contributed by atoms with Crippen molar-refractivity contribution in [2.24, 2.45) is 5.92 Å². The van der Waals surface area contributed by atoms with Crippen molar-refractivity contribution in [3.05, 3.63) is 94.0 Å². The Morgan fingerprint density at radius 1 is 0.875 bits per heavy atom. The van der Waals surface area contributed by atoms with Gasteiger partial charge in [-0.2, -0.15) is 0 Å². The standard InChI is InChI=1S/C31H38ClN3O4S/c1-21(2)18-33-31(37)25(6)34(19-26-9-7-8-10-29(26)32)30(36)20-35(27-16-23(4)15-24(5)17-27)40(38,39)28-13-11-22(3)12-14-28/h7-17,21,25H,18-20H2,1-6H3,(H,33,37)/t25-/m1/s1. The first kappa shape index (κ1) is 31.2. The zero-order valence-electron chi connectivity index (χ0n) is 23.9. The Labute approximate surface area is 243 Å². The van der Waals surface area contributed by atoms with Gasteiger partial charge >= 0.3 is 0 Å². The van der Waals surface area contributed by atoms with Crippen molar-refractivity contribution in [2.75, 3.05) is 17.4 Å². The largest absolute Gasteiger partial charge is 0.354 e. The minimum absolute atomic E-state index is 0.0417. The maximum absolute atomic E-state index is 14.0. The summed E-state index contributed by atoms with van der Waals surface area (Å²) < 4.78 is 29.1. The highest BCUT2D eigenvalue weighted by Gasteiger charge is 2.33. The molecule has 1 N–H and O–H groups in total. The summed E-state index contributed by atoms with van der Waals surface area (Å²) in [7, 11) is -4.12. The molecule has 40 heavy (non-hydrogen) atoms. The van der Waals surface area contributed by atoms with E-state index in [1.54, 1.807) is 55.5 Å². The SMILES string of the molecule is Cc1ccc(S(=O)(=O)N(CC(=O)N(Cc2ccccc2Cl)[C@H](C)C(=O)NCC(C)C)c2cc(C)cc(C)c2)cc1. The van der Waals surface area contributed by atoms with Gasteiger partial charge in [0.05, 0.1) is 10.6 Å². The van der Waals surface area contributed by atoms with Crippen LogP contribution in [-0.4, -0.2) is 44.3 Å². The van der Waals surface area contributed by atoms with Crippen LogP contribution in [0.3, 0.4) is 0 Å². The maximum atomic E-state index is 14.0. The summed E-state index contributed by atoms with van der Waals surface area (Å²) in [5, 5.41) is 3.33. The molecule has 0 aromatic heterocycles. The molecule has 3 aromatic carbocycles. The van der Waals surface area contributed by atoms with E-state index < -0.39 is 28.5 Å². The first-order chi connectivity index (χ1) is 18.8. The van der Waals surface area contributed by atoms with Crippen LogP contribution in [-0.2, 0) is 26.2 Å². The van der Waals surface area contributed by atoms with Gasteiger partial charge in [0.2, 0.25) is 11.8 Å². The van der Waals surface area contributed by atoms with Crippen molar-refractivity contribution in [3.63, 3.8) is 0 Å². The van der Waals surface area contributed by atoms with Crippen LogP contribution in [0.5, 0.6) is 0 Å². The Morgan fingerprint density at radius 2 is 1.48 bits per heavy atom. The van der Waals surface area contributed by atoms with Gasteiger partial charge in [0.1, 0.15) is 12.6 Å². The Morgan fingerprint density at radius 3 is 2.05 bits per heavy atom. The predicted octanol–water partition coefficient (Wildman–Crippen LogP) is 5.65. The van der Waals surface area contributed by atoms with Crippen LogP contribution in [0.2, 0.25) is 5.02 Å². The number of carbonyl (C=O) groups excluding carboxylic acids is 2. The molecular weight excluding hydrogens is 546 g/mol. The highest BCUT2D eigenvalue weighted by molar-refractivity contribution is 7.92. The molecule has 0 heterocycles. The number of hydrogen-bond acceptors (Lipinski definition) is 4. The average molecular weight is 584 g/mol. The van der Waals surface area contributed by atoms with E-state index in [0.717, 1.165) is 21.0 Å². The van der Waals surface area contributed by atoms with E-state index in [2.05, 4.69) is 5.32 Å². The number of anilines is 1. The Bertz CT molecular complexity index is 1440. The van der Waals surface area contributed by atoms with E-state index in [1.165, 1.54) is 17.0 Å². The first-order valence-corrected chi connectivity index (χ1v) is 15.1. The number of amides is 2. The highest BCUT2D eigenvalue weighted by Crippen LogP contribution is 2.27. The molecule has 0 unspecified atom stereocenters. The molecule has 0 radical (unpaired) electrons. The van der Waals surface area contributed by atoms with Gasteiger partial charge in [0, 0.05) is 18.1 Å². The number of aryl methyl sites for hydroxylation is 3. The molecule has 0 aliphatic carbocycles. The first-order valence-electron chi connectivity index (χ1n) is 13.3. The molecule has 0 saturated carbocycles. The van der Waals surface area contributed by atoms with Crippen molar-refractivity contribution in [1.82, 2.24) is 10.2 Å². The minimum atomic E-state index is -4.12. The second kappa shape index (κ2) is 13.3. The summed E-state index contributed by atoms with van der Waals surface area (Å²) in [6.07, 6.45) is 0. The summed E-state index contributed by atoms with van der Waals surface area (Å²) in [4.78, 5) is 28.6. The van der Waals surface area contributed by atoms with E-state index in [-0.39, 0.29) is 23.3 Å². The molecule has 3 aromatic rings. The van der Waals surface area contributed by atoms with Crippen LogP contribution in [0.4, 0.5) is 5.69 Å². The molecule has 3 rings (SSSR count). The van der Waals surface area contributed by atoms with E-state index in [0.29, 0.717) is 22.8 Å². The molecule has 9 heteroatoms. The Hall–Kier alpha value is -3.36. The van der Waals surface area contributed by atoms with Crippen molar-refractivity contribution >= 4 is 39.1 Å². The van der Waals surface area contributed by atoms with Gasteiger partial charge in [-0.05, 0) is 80.6 Å². The Kier molecular flexibility index (Phi) is 10.4.